The number of amides is 1. The van der Waals surface area contributed by atoms with E-state index in [4.69, 9.17) is 4.74 Å². The van der Waals surface area contributed by atoms with Gasteiger partial charge in [-0.1, -0.05) is 48.8 Å². The van der Waals surface area contributed by atoms with Crippen molar-refractivity contribution in [1.82, 2.24) is 5.32 Å². The number of esters is 1. The fourth-order valence-electron chi connectivity index (χ4n) is 3.45. The summed E-state index contributed by atoms with van der Waals surface area (Å²) >= 11 is 3.32. The third-order valence-corrected chi connectivity index (χ3v) is 5.74. The normalized spacial score (nSPS) is 20.5. The molecule has 0 radical (unpaired) electrons. The largest absolute Gasteiger partial charge is 0.456 e. The molecule has 1 atom stereocenters. The number of ketones is 1. The SMILES string of the molecule is CC(C)CC(NC(=O)C1CCC(C)CC1)C(=O)OCC(=O)c1ccc(Br)cc1. The maximum absolute atomic E-state index is 12.6. The van der Waals surface area contributed by atoms with Crippen LogP contribution in [0.5, 0.6) is 0 Å². The highest BCUT2D eigenvalue weighted by molar-refractivity contribution is 9.10. The van der Waals surface area contributed by atoms with Crippen LogP contribution in [0.3, 0.4) is 0 Å². The van der Waals surface area contributed by atoms with Gasteiger partial charge >= 0.3 is 5.97 Å². The molecule has 1 unspecified atom stereocenters. The van der Waals surface area contributed by atoms with E-state index in [9.17, 15) is 14.4 Å². The summed E-state index contributed by atoms with van der Waals surface area (Å²) in [7, 11) is 0. The number of ether oxygens (including phenoxy) is 1. The first-order valence-electron chi connectivity index (χ1n) is 10.0. The second-order valence-electron chi connectivity index (χ2n) is 8.19. The molecule has 1 amide bonds. The Hall–Kier alpha value is -1.69. The Bertz CT molecular complexity index is 678. The second-order valence-corrected chi connectivity index (χ2v) is 9.10. The summed E-state index contributed by atoms with van der Waals surface area (Å²) in [5, 5.41) is 2.87. The van der Waals surface area contributed by atoms with Gasteiger partial charge in [0.05, 0.1) is 0 Å². The van der Waals surface area contributed by atoms with Gasteiger partial charge in [-0.3, -0.25) is 9.59 Å². The molecule has 0 aliphatic heterocycles. The summed E-state index contributed by atoms with van der Waals surface area (Å²) in [4.78, 5) is 37.4. The summed E-state index contributed by atoms with van der Waals surface area (Å²) in [6, 6.07) is 6.17. The molecule has 1 aromatic carbocycles. The smallest absolute Gasteiger partial charge is 0.329 e. The van der Waals surface area contributed by atoms with E-state index in [1.165, 1.54) is 0 Å². The highest BCUT2D eigenvalue weighted by Gasteiger charge is 2.29. The number of benzene rings is 1. The van der Waals surface area contributed by atoms with E-state index in [-0.39, 0.29) is 30.1 Å². The number of Topliss-reactive ketones (excluding diaryl/α,β-unsaturated/α-hetero) is 1. The van der Waals surface area contributed by atoms with Gasteiger partial charge in [-0.2, -0.15) is 0 Å². The van der Waals surface area contributed by atoms with Gasteiger partial charge in [-0.25, -0.2) is 4.79 Å². The Labute approximate surface area is 175 Å². The number of halogens is 1. The van der Waals surface area contributed by atoms with Gasteiger partial charge < -0.3 is 10.1 Å². The predicted octanol–water partition coefficient (Wildman–Crippen LogP) is 4.53. The molecule has 0 bridgehead atoms. The van der Waals surface area contributed by atoms with Crippen LogP contribution in [-0.2, 0) is 14.3 Å². The number of hydrogen-bond donors (Lipinski definition) is 1. The van der Waals surface area contributed by atoms with Crippen LogP contribution in [-0.4, -0.2) is 30.3 Å². The first-order valence-corrected chi connectivity index (χ1v) is 10.8. The van der Waals surface area contributed by atoms with E-state index in [0.29, 0.717) is 17.9 Å². The quantitative estimate of drug-likeness (QED) is 0.465. The molecule has 5 nitrogen and oxygen atoms in total. The fourth-order valence-corrected chi connectivity index (χ4v) is 3.72. The molecular formula is C22H30BrNO4. The molecule has 2 rings (SSSR count). The molecule has 6 heteroatoms. The molecule has 1 aliphatic rings. The number of carbonyl (C=O) groups excluding carboxylic acids is 3. The molecule has 0 heterocycles. The Morgan fingerprint density at radius 3 is 2.29 bits per heavy atom. The minimum atomic E-state index is -0.718. The molecule has 1 N–H and O–H groups in total. The summed E-state index contributed by atoms with van der Waals surface area (Å²) < 4.78 is 6.11. The molecule has 0 spiro atoms. The maximum atomic E-state index is 12.6. The second kappa shape index (κ2) is 10.7. The zero-order valence-electron chi connectivity index (χ0n) is 16.9. The van der Waals surface area contributed by atoms with Gasteiger partial charge in [0.2, 0.25) is 5.91 Å². The van der Waals surface area contributed by atoms with Crippen molar-refractivity contribution in [2.45, 2.75) is 58.9 Å². The molecule has 28 heavy (non-hydrogen) atoms. The van der Waals surface area contributed by atoms with Crippen molar-refractivity contribution >= 4 is 33.6 Å². The number of nitrogens with one attached hydrogen (secondary N) is 1. The van der Waals surface area contributed by atoms with Crippen molar-refractivity contribution in [3.05, 3.63) is 34.3 Å². The van der Waals surface area contributed by atoms with Crippen LogP contribution in [0.1, 0.15) is 63.2 Å². The van der Waals surface area contributed by atoms with Gasteiger partial charge in [0, 0.05) is 16.0 Å². The zero-order chi connectivity index (χ0) is 20.7. The van der Waals surface area contributed by atoms with Crippen molar-refractivity contribution in [1.29, 1.82) is 0 Å². The lowest BCUT2D eigenvalue weighted by atomic mass is 9.82. The fraction of sp³-hybridized carbons (Fsp3) is 0.591. The number of rotatable bonds is 8. The first kappa shape index (κ1) is 22.6. The number of carbonyl (C=O) groups is 3. The van der Waals surface area contributed by atoms with E-state index in [1.807, 2.05) is 13.8 Å². The van der Waals surface area contributed by atoms with Crippen molar-refractivity contribution < 1.29 is 19.1 Å². The van der Waals surface area contributed by atoms with Crippen LogP contribution in [0.25, 0.3) is 0 Å². The standard InChI is InChI=1S/C22H30BrNO4/c1-14(2)12-19(24-21(26)17-6-4-15(3)5-7-17)22(27)28-13-20(25)16-8-10-18(23)11-9-16/h8-11,14-15,17,19H,4-7,12-13H2,1-3H3,(H,24,26). The minimum absolute atomic E-state index is 0.0388. The highest BCUT2D eigenvalue weighted by Crippen LogP contribution is 2.28. The summed E-state index contributed by atoms with van der Waals surface area (Å²) in [5.41, 5.74) is 0.483. The van der Waals surface area contributed by atoms with Gasteiger partial charge in [-0.05, 0) is 56.1 Å². The van der Waals surface area contributed by atoms with Crippen LogP contribution in [0.4, 0.5) is 0 Å². The molecule has 154 valence electrons. The third kappa shape index (κ3) is 7.04. The molecular weight excluding hydrogens is 422 g/mol. The lowest BCUT2D eigenvalue weighted by molar-refractivity contribution is -0.148. The molecule has 0 saturated heterocycles. The Morgan fingerprint density at radius 1 is 1.11 bits per heavy atom. The summed E-state index contributed by atoms with van der Waals surface area (Å²) in [6.07, 6.45) is 4.29. The van der Waals surface area contributed by atoms with E-state index < -0.39 is 12.0 Å². The lowest BCUT2D eigenvalue weighted by Gasteiger charge is -2.27. The minimum Gasteiger partial charge on any atom is -0.456 e. The number of hydrogen-bond acceptors (Lipinski definition) is 4. The van der Waals surface area contributed by atoms with Gasteiger partial charge in [0.25, 0.3) is 0 Å². The monoisotopic (exact) mass is 451 g/mol. The molecule has 1 aliphatic carbocycles. The zero-order valence-corrected chi connectivity index (χ0v) is 18.5. The van der Waals surface area contributed by atoms with Crippen molar-refractivity contribution in [3.8, 4) is 0 Å². The van der Waals surface area contributed by atoms with Crippen LogP contribution in [0.2, 0.25) is 0 Å². The van der Waals surface area contributed by atoms with Crippen LogP contribution in [0.15, 0.2) is 28.7 Å². The van der Waals surface area contributed by atoms with Gasteiger partial charge in [-0.15, -0.1) is 0 Å². The maximum Gasteiger partial charge on any atom is 0.329 e. The Balaban J connectivity index is 1.91. The van der Waals surface area contributed by atoms with Crippen LogP contribution in [0, 0.1) is 17.8 Å². The third-order valence-electron chi connectivity index (χ3n) is 5.21. The van der Waals surface area contributed by atoms with E-state index in [0.717, 1.165) is 30.2 Å². The topological polar surface area (TPSA) is 72.5 Å². The highest BCUT2D eigenvalue weighted by atomic mass is 79.9. The first-order chi connectivity index (χ1) is 13.3. The Kier molecular flexibility index (Phi) is 8.67. The summed E-state index contributed by atoms with van der Waals surface area (Å²) in [6.45, 7) is 5.85. The van der Waals surface area contributed by atoms with E-state index >= 15 is 0 Å². The van der Waals surface area contributed by atoms with Crippen LogP contribution >= 0.6 is 15.9 Å². The summed E-state index contributed by atoms with van der Waals surface area (Å²) in [5.74, 6) is -0.0540. The molecule has 0 aromatic heterocycles. The van der Waals surface area contributed by atoms with Gasteiger partial charge in [0.1, 0.15) is 6.04 Å². The van der Waals surface area contributed by atoms with Crippen molar-refractivity contribution in [2.75, 3.05) is 6.61 Å². The van der Waals surface area contributed by atoms with Crippen molar-refractivity contribution in [2.24, 2.45) is 17.8 Å². The van der Waals surface area contributed by atoms with Gasteiger partial charge in [0.15, 0.2) is 12.4 Å². The Morgan fingerprint density at radius 2 is 1.71 bits per heavy atom. The molecule has 1 aromatic rings. The average Bonchev–Trinajstić information content (AvgIpc) is 2.66. The average molecular weight is 452 g/mol. The predicted molar refractivity (Wildman–Crippen MR) is 112 cm³/mol. The van der Waals surface area contributed by atoms with Crippen molar-refractivity contribution in [3.63, 3.8) is 0 Å². The van der Waals surface area contributed by atoms with E-state index in [2.05, 4.69) is 28.2 Å². The van der Waals surface area contributed by atoms with E-state index in [1.54, 1.807) is 24.3 Å². The lowest BCUT2D eigenvalue weighted by Crippen LogP contribution is -2.46. The molecule has 1 saturated carbocycles. The van der Waals surface area contributed by atoms with Crippen LogP contribution < -0.4 is 5.32 Å². The molecule has 1 fully saturated rings.